The van der Waals surface area contributed by atoms with Crippen LogP contribution in [0.2, 0.25) is 0 Å². The normalized spacial score (nSPS) is 11.8. The summed E-state index contributed by atoms with van der Waals surface area (Å²) in [6.45, 7) is 2.10. The second-order valence-electron chi connectivity index (χ2n) is 5.29. The number of alkyl halides is 2. The monoisotopic (exact) mass is 415 g/mol. The maximum Gasteiger partial charge on any atom is 0.0797 e. The van der Waals surface area contributed by atoms with Gasteiger partial charge in [0.25, 0.3) is 0 Å². The Hall–Kier alpha value is -0.190. The van der Waals surface area contributed by atoms with Crippen LogP contribution in [0, 0.1) is 12.3 Å². The maximum atomic E-state index is 4.35. The zero-order valence-corrected chi connectivity index (χ0v) is 15.6. The number of aromatic nitrogens is 1. The van der Waals surface area contributed by atoms with E-state index < -0.39 is 0 Å². The van der Waals surface area contributed by atoms with Crippen LogP contribution in [0.15, 0.2) is 35.8 Å². The van der Waals surface area contributed by atoms with Crippen molar-refractivity contribution in [1.29, 1.82) is 0 Å². The highest BCUT2D eigenvalue weighted by atomic mass is 79.9. The molecule has 0 aliphatic carbocycles. The third kappa shape index (κ3) is 4.15. The molecule has 0 radical (unpaired) electrons. The van der Waals surface area contributed by atoms with Gasteiger partial charge in [0.2, 0.25) is 0 Å². The lowest BCUT2D eigenvalue weighted by Crippen LogP contribution is -2.28. The van der Waals surface area contributed by atoms with Crippen LogP contribution in [0.4, 0.5) is 0 Å². The van der Waals surface area contributed by atoms with Crippen molar-refractivity contribution in [2.75, 3.05) is 10.7 Å². The molecule has 0 aliphatic rings. The first-order valence-corrected chi connectivity index (χ1v) is 9.86. The van der Waals surface area contributed by atoms with Gasteiger partial charge in [-0.1, -0.05) is 62.2 Å². The Morgan fingerprint density at radius 1 is 1.15 bits per heavy atom. The van der Waals surface area contributed by atoms with Crippen LogP contribution in [0.5, 0.6) is 0 Å². The molecule has 0 amide bonds. The van der Waals surface area contributed by atoms with E-state index in [1.165, 1.54) is 22.6 Å². The highest BCUT2D eigenvalue weighted by molar-refractivity contribution is 9.09. The van der Waals surface area contributed by atoms with Crippen LogP contribution in [-0.2, 0) is 12.8 Å². The summed E-state index contributed by atoms with van der Waals surface area (Å²) in [6.07, 6.45) is 3.38. The molecular formula is C16H19Br2NS. The maximum absolute atomic E-state index is 4.35. The fourth-order valence-corrected chi connectivity index (χ4v) is 4.99. The fraction of sp³-hybridized carbons (Fsp3) is 0.438. The van der Waals surface area contributed by atoms with Gasteiger partial charge in [-0.05, 0) is 37.2 Å². The first kappa shape index (κ1) is 16.2. The molecule has 4 heteroatoms. The van der Waals surface area contributed by atoms with Gasteiger partial charge in [-0.2, -0.15) is 0 Å². The molecule has 0 unspecified atom stereocenters. The number of benzene rings is 1. The number of hydrogen-bond donors (Lipinski definition) is 0. The van der Waals surface area contributed by atoms with Gasteiger partial charge in [0.05, 0.1) is 11.2 Å². The van der Waals surface area contributed by atoms with Crippen LogP contribution >= 0.6 is 43.2 Å². The Bertz CT molecular complexity index is 520. The Morgan fingerprint density at radius 2 is 1.85 bits per heavy atom. The highest BCUT2D eigenvalue weighted by Crippen LogP contribution is 2.34. The number of hydrogen-bond acceptors (Lipinski definition) is 2. The van der Waals surface area contributed by atoms with Gasteiger partial charge in [0.1, 0.15) is 0 Å². The molecule has 0 atom stereocenters. The van der Waals surface area contributed by atoms with Crippen molar-refractivity contribution in [3.8, 4) is 0 Å². The van der Waals surface area contributed by atoms with Gasteiger partial charge in [-0.15, -0.1) is 11.3 Å². The molecule has 0 bridgehead atoms. The summed E-state index contributed by atoms with van der Waals surface area (Å²) in [6, 6.07) is 10.8. The van der Waals surface area contributed by atoms with Crippen LogP contribution in [0.25, 0.3) is 0 Å². The molecule has 1 heterocycles. The minimum atomic E-state index is 0.262. The van der Waals surface area contributed by atoms with Gasteiger partial charge in [-0.3, -0.25) is 0 Å². The third-order valence-corrected chi connectivity index (χ3v) is 7.09. The lowest BCUT2D eigenvalue weighted by Gasteiger charge is -2.30. The quantitative estimate of drug-likeness (QED) is 0.550. The van der Waals surface area contributed by atoms with Crippen molar-refractivity contribution in [1.82, 2.24) is 4.98 Å². The van der Waals surface area contributed by atoms with Gasteiger partial charge < -0.3 is 0 Å². The van der Waals surface area contributed by atoms with Crippen molar-refractivity contribution in [2.45, 2.75) is 26.2 Å². The van der Waals surface area contributed by atoms with E-state index in [1.807, 2.05) is 5.51 Å². The molecule has 0 fully saturated rings. The van der Waals surface area contributed by atoms with Gasteiger partial charge in [-0.25, -0.2) is 4.98 Å². The summed E-state index contributed by atoms with van der Waals surface area (Å²) in [5.74, 6) is 0. The second-order valence-corrected chi connectivity index (χ2v) is 7.35. The molecule has 0 N–H and O–H groups in total. The molecule has 1 aromatic carbocycles. The smallest absolute Gasteiger partial charge is 0.0797 e. The van der Waals surface area contributed by atoms with Crippen LogP contribution in [0.1, 0.15) is 22.6 Å². The second kappa shape index (κ2) is 7.71. The van der Waals surface area contributed by atoms with Crippen LogP contribution in [-0.4, -0.2) is 15.6 Å². The largest absolute Gasteiger partial charge is 0.250 e. The molecule has 2 rings (SSSR count). The Balaban J connectivity index is 2.07. The van der Waals surface area contributed by atoms with Gasteiger partial charge in [0, 0.05) is 15.5 Å². The summed E-state index contributed by atoms with van der Waals surface area (Å²) in [7, 11) is 0. The minimum absolute atomic E-state index is 0.262. The van der Waals surface area contributed by atoms with E-state index >= 15 is 0 Å². The first-order valence-electron chi connectivity index (χ1n) is 6.74. The summed E-state index contributed by atoms with van der Waals surface area (Å²) < 4.78 is 0. The number of rotatable bonds is 7. The zero-order chi connectivity index (χ0) is 14.4. The Labute approximate surface area is 142 Å². The van der Waals surface area contributed by atoms with Gasteiger partial charge >= 0.3 is 0 Å². The molecule has 0 saturated heterocycles. The summed E-state index contributed by atoms with van der Waals surface area (Å²) in [5.41, 5.74) is 4.81. The molecule has 0 saturated carbocycles. The summed E-state index contributed by atoms with van der Waals surface area (Å²) in [5, 5.41) is 2.02. The number of nitrogens with zero attached hydrogens (tertiary/aromatic N) is 1. The molecule has 0 spiro atoms. The number of halogens is 2. The molecule has 2 aromatic rings. The average molecular weight is 417 g/mol. The average Bonchev–Trinajstić information content (AvgIpc) is 2.90. The van der Waals surface area contributed by atoms with Crippen molar-refractivity contribution in [2.24, 2.45) is 5.41 Å². The Kier molecular flexibility index (Phi) is 6.24. The Morgan fingerprint density at radius 3 is 2.40 bits per heavy atom. The predicted octanol–water partition coefficient (Wildman–Crippen LogP) is 5.40. The highest BCUT2D eigenvalue weighted by Gasteiger charge is 2.28. The van der Waals surface area contributed by atoms with E-state index in [4.69, 9.17) is 0 Å². The van der Waals surface area contributed by atoms with E-state index in [0.29, 0.717) is 0 Å². The lowest BCUT2D eigenvalue weighted by molar-refractivity contribution is 0.357. The molecule has 108 valence electrons. The molecule has 20 heavy (non-hydrogen) atoms. The van der Waals surface area contributed by atoms with E-state index in [0.717, 1.165) is 23.5 Å². The van der Waals surface area contributed by atoms with Crippen molar-refractivity contribution in [3.63, 3.8) is 0 Å². The fourth-order valence-electron chi connectivity index (χ4n) is 2.33. The first-order chi connectivity index (χ1) is 9.69. The van der Waals surface area contributed by atoms with Crippen LogP contribution < -0.4 is 0 Å². The SMILES string of the molecule is Cc1ncsc1CCC(CBr)(CBr)Cc1ccccc1. The lowest BCUT2D eigenvalue weighted by atomic mass is 9.81. The van der Waals surface area contributed by atoms with E-state index in [1.54, 1.807) is 11.3 Å². The van der Waals surface area contributed by atoms with Crippen LogP contribution in [0.3, 0.4) is 0 Å². The van der Waals surface area contributed by atoms with Crippen molar-refractivity contribution >= 4 is 43.2 Å². The number of thiazole rings is 1. The molecule has 1 aromatic heterocycles. The van der Waals surface area contributed by atoms with Crippen molar-refractivity contribution < 1.29 is 0 Å². The molecule has 1 nitrogen and oxygen atoms in total. The summed E-state index contributed by atoms with van der Waals surface area (Å²) >= 11 is 9.24. The van der Waals surface area contributed by atoms with Gasteiger partial charge in [0.15, 0.2) is 0 Å². The number of aryl methyl sites for hydroxylation is 2. The molecular weight excluding hydrogens is 398 g/mol. The van der Waals surface area contributed by atoms with E-state index in [9.17, 15) is 0 Å². The standard InChI is InChI=1S/C16H19Br2NS/c1-13-15(20-12-19-13)7-8-16(10-17,11-18)9-14-5-3-2-4-6-14/h2-6,12H,7-11H2,1H3. The van der Waals surface area contributed by atoms with E-state index in [2.05, 4.69) is 74.1 Å². The predicted molar refractivity (Wildman–Crippen MR) is 95.3 cm³/mol. The summed E-state index contributed by atoms with van der Waals surface area (Å²) in [4.78, 5) is 5.77. The van der Waals surface area contributed by atoms with Crippen molar-refractivity contribution in [3.05, 3.63) is 52.0 Å². The third-order valence-electron chi connectivity index (χ3n) is 3.72. The minimum Gasteiger partial charge on any atom is -0.250 e. The topological polar surface area (TPSA) is 12.9 Å². The molecule has 0 aliphatic heterocycles. The van der Waals surface area contributed by atoms with E-state index in [-0.39, 0.29) is 5.41 Å². The zero-order valence-electron chi connectivity index (χ0n) is 11.6.